The largest absolute Gasteiger partial charge is 0.472 e. The SMILES string of the molecule is CCCCCC/C=C\CCCCCCCCCC(=O)OCC(COP(=O)(O)OC1C(OC2OC(CO)C(O)C(O)C2O)C(O)C(O)C(OC(=O)CCCCCCCCCCCCCCC)C1OC1OC(COC(=O)CCCCCCCCC/C=C\CCCCCC)C(O)C(O)C1O)OC(=O)CCCCC/C=C\CCCCCCCC. The summed E-state index contributed by atoms with van der Waals surface area (Å²) >= 11 is 0. The van der Waals surface area contributed by atoms with Crippen LogP contribution in [0.2, 0.25) is 0 Å². The zero-order valence-corrected chi connectivity index (χ0v) is 72.2. The Labute approximate surface area is 691 Å². The number of allylic oxidation sites excluding steroid dienone is 6. The average Bonchev–Trinajstić information content (AvgIpc) is 0.755. The van der Waals surface area contributed by atoms with Crippen molar-refractivity contribution in [2.24, 2.45) is 0 Å². The summed E-state index contributed by atoms with van der Waals surface area (Å²) in [5.74, 6) is -3.00. The Morgan fingerprint density at radius 1 is 0.339 bits per heavy atom. The van der Waals surface area contributed by atoms with Crippen LogP contribution in [0.5, 0.6) is 0 Å². The number of carbonyl (C=O) groups excluding carboxylic acids is 4. The number of aliphatic hydroxyl groups is 9. The fourth-order valence-electron chi connectivity index (χ4n) is 14.8. The molecule has 0 amide bonds. The van der Waals surface area contributed by atoms with Gasteiger partial charge >= 0.3 is 31.7 Å². The smallest absolute Gasteiger partial charge is 0.463 e. The van der Waals surface area contributed by atoms with Crippen LogP contribution < -0.4 is 0 Å². The van der Waals surface area contributed by atoms with Crippen LogP contribution in [0.4, 0.5) is 0 Å². The molecular weight excluding hydrogens is 1500 g/mol. The lowest BCUT2D eigenvalue weighted by Crippen LogP contribution is -2.70. The molecular formula is C89H161O25P. The Morgan fingerprint density at radius 2 is 0.652 bits per heavy atom. The number of esters is 4. The lowest BCUT2D eigenvalue weighted by molar-refractivity contribution is -0.360. The molecule has 3 fully saturated rings. The predicted molar refractivity (Wildman–Crippen MR) is 444 cm³/mol. The summed E-state index contributed by atoms with van der Waals surface area (Å²) in [4.78, 5) is 66.3. The van der Waals surface area contributed by atoms with E-state index in [4.69, 9.17) is 46.9 Å². The second-order valence-corrected chi connectivity index (χ2v) is 33.9. The number of unbranched alkanes of at least 4 members (excludes halogenated alkanes) is 43. The van der Waals surface area contributed by atoms with Crippen molar-refractivity contribution in [1.29, 1.82) is 0 Å². The van der Waals surface area contributed by atoms with Gasteiger partial charge in [0.05, 0.1) is 13.2 Å². The lowest BCUT2D eigenvalue weighted by atomic mass is 9.84. The first-order valence-corrected chi connectivity index (χ1v) is 47.2. The van der Waals surface area contributed by atoms with Crippen LogP contribution in [-0.2, 0) is 70.7 Å². The number of hydrogen-bond acceptors (Lipinski definition) is 24. The van der Waals surface area contributed by atoms with E-state index in [0.717, 1.165) is 161 Å². The molecule has 1 aliphatic carbocycles. The first-order valence-electron chi connectivity index (χ1n) is 45.7. The number of aliphatic hydroxyl groups excluding tert-OH is 9. The van der Waals surface area contributed by atoms with E-state index in [-0.39, 0.29) is 25.7 Å². The van der Waals surface area contributed by atoms with E-state index in [1.54, 1.807) is 0 Å². The van der Waals surface area contributed by atoms with Crippen molar-refractivity contribution in [3.8, 4) is 0 Å². The van der Waals surface area contributed by atoms with E-state index in [9.17, 15) is 74.6 Å². The Morgan fingerprint density at radius 3 is 1.05 bits per heavy atom. The van der Waals surface area contributed by atoms with Gasteiger partial charge in [0.15, 0.2) is 24.8 Å². The van der Waals surface area contributed by atoms with Crippen LogP contribution in [0.3, 0.4) is 0 Å². The summed E-state index contributed by atoms with van der Waals surface area (Å²) in [6.45, 7) is 5.52. The van der Waals surface area contributed by atoms with Crippen molar-refractivity contribution in [2.45, 2.75) is 479 Å². The van der Waals surface area contributed by atoms with E-state index in [1.807, 2.05) is 0 Å². The van der Waals surface area contributed by atoms with Crippen molar-refractivity contribution in [3.05, 3.63) is 36.5 Å². The highest BCUT2D eigenvalue weighted by atomic mass is 31.2. The van der Waals surface area contributed by atoms with E-state index in [0.29, 0.717) is 38.5 Å². The molecule has 672 valence electrons. The Bertz CT molecular complexity index is 2540. The van der Waals surface area contributed by atoms with Crippen molar-refractivity contribution >= 4 is 31.7 Å². The van der Waals surface area contributed by atoms with E-state index < -0.39 is 162 Å². The summed E-state index contributed by atoms with van der Waals surface area (Å²) < 4.78 is 73.3. The molecule has 18 atom stereocenters. The number of phosphoric acid groups is 1. The zero-order valence-electron chi connectivity index (χ0n) is 71.3. The van der Waals surface area contributed by atoms with Gasteiger partial charge in [-0.25, -0.2) is 4.57 Å². The second kappa shape index (κ2) is 68.3. The monoisotopic (exact) mass is 1660 g/mol. The molecule has 0 aromatic rings. The third-order valence-corrected chi connectivity index (χ3v) is 23.1. The van der Waals surface area contributed by atoms with Crippen molar-refractivity contribution in [1.82, 2.24) is 0 Å². The van der Waals surface area contributed by atoms with Gasteiger partial charge in [0, 0.05) is 25.7 Å². The highest BCUT2D eigenvalue weighted by Gasteiger charge is 2.60. The van der Waals surface area contributed by atoms with Crippen molar-refractivity contribution in [2.75, 3.05) is 26.4 Å². The molecule has 18 unspecified atom stereocenters. The molecule has 2 saturated heterocycles. The minimum absolute atomic E-state index is 0.00805. The normalized spacial score (nSPS) is 25.4. The first-order chi connectivity index (χ1) is 55.7. The molecule has 3 aliphatic rings. The van der Waals surface area contributed by atoms with Gasteiger partial charge < -0.3 is 88.7 Å². The van der Waals surface area contributed by atoms with Gasteiger partial charge in [0.25, 0.3) is 0 Å². The van der Waals surface area contributed by atoms with E-state index in [2.05, 4.69) is 64.2 Å². The van der Waals surface area contributed by atoms with Gasteiger partial charge in [-0.1, -0.05) is 282 Å². The summed E-state index contributed by atoms with van der Waals surface area (Å²) in [7, 11) is -5.81. The first kappa shape index (κ1) is 106. The molecule has 0 bridgehead atoms. The highest BCUT2D eigenvalue weighted by molar-refractivity contribution is 7.47. The Kier molecular flexibility index (Phi) is 62.8. The molecule has 2 aliphatic heterocycles. The molecule has 2 heterocycles. The van der Waals surface area contributed by atoms with Crippen LogP contribution in [0.1, 0.15) is 374 Å². The summed E-state index contributed by atoms with van der Waals surface area (Å²) in [6.07, 6.45) is 28.7. The van der Waals surface area contributed by atoms with Crippen LogP contribution >= 0.6 is 7.82 Å². The van der Waals surface area contributed by atoms with Crippen LogP contribution in [0.15, 0.2) is 36.5 Å². The van der Waals surface area contributed by atoms with Gasteiger partial charge in [-0.15, -0.1) is 0 Å². The van der Waals surface area contributed by atoms with Gasteiger partial charge in [0.1, 0.15) is 92.6 Å². The predicted octanol–water partition coefficient (Wildman–Crippen LogP) is 16.3. The number of ether oxygens (including phenoxy) is 8. The van der Waals surface area contributed by atoms with E-state index in [1.165, 1.54) is 122 Å². The van der Waals surface area contributed by atoms with Gasteiger partial charge in [0.2, 0.25) is 0 Å². The molecule has 115 heavy (non-hydrogen) atoms. The second-order valence-electron chi connectivity index (χ2n) is 32.4. The van der Waals surface area contributed by atoms with E-state index >= 15 is 0 Å². The quantitative estimate of drug-likeness (QED) is 0.00889. The minimum atomic E-state index is -5.81. The maximum absolute atomic E-state index is 14.9. The molecule has 0 radical (unpaired) electrons. The van der Waals surface area contributed by atoms with Gasteiger partial charge in [-0.05, 0) is 103 Å². The molecule has 0 aromatic heterocycles. The Hall–Kier alpha value is -3.31. The topological polar surface area (TPSA) is 380 Å². The third-order valence-electron chi connectivity index (χ3n) is 22.1. The molecule has 10 N–H and O–H groups in total. The molecule has 0 aromatic carbocycles. The van der Waals surface area contributed by atoms with Crippen molar-refractivity contribution in [3.63, 3.8) is 0 Å². The van der Waals surface area contributed by atoms with Gasteiger partial charge in [-0.3, -0.25) is 28.2 Å². The number of phosphoric ester groups is 1. The molecule has 26 heteroatoms. The fourth-order valence-corrected chi connectivity index (χ4v) is 15.7. The maximum Gasteiger partial charge on any atom is 0.472 e. The standard InChI is InChI=1S/C89H161O25P/c1-5-9-13-17-21-25-29-33-35-39-41-45-49-53-57-61-72(91)105-66-69(108-74(93)63-59-55-51-47-43-37-31-27-23-19-15-11-7-3)67-107-115(103,104)114-87-85(112-88-82(101)78(97)76(95)70(65-90)109-88)81(100)80(99)84(111-75(94)64-60-56-52-48-44-38-32-28-24-20-16-12-8-4)86(87)113-89-83(102)79(98)77(96)71(110-89)68-106-73(92)62-58-54-50-46-42-40-36-34-30-26-22-18-14-10-6-2/h25-26,29-30,37,43,69-71,76-90,95-102H,5-24,27-28,31-36,38-42,44-68H2,1-4H3,(H,103,104)/b29-25-,30-26-,43-37-. The van der Waals surface area contributed by atoms with Crippen molar-refractivity contribution < 1.29 is 122 Å². The van der Waals surface area contributed by atoms with Gasteiger partial charge in [-0.2, -0.15) is 0 Å². The fraction of sp³-hybridized carbons (Fsp3) is 0.888. The number of hydrogen-bond donors (Lipinski definition) is 10. The summed E-state index contributed by atoms with van der Waals surface area (Å²) in [6, 6.07) is 0. The summed E-state index contributed by atoms with van der Waals surface area (Å²) in [5, 5.41) is 102. The van der Waals surface area contributed by atoms with Crippen LogP contribution in [0.25, 0.3) is 0 Å². The minimum Gasteiger partial charge on any atom is -0.463 e. The number of carbonyl (C=O) groups is 4. The van der Waals surface area contributed by atoms with Crippen LogP contribution in [0, 0.1) is 0 Å². The third kappa shape index (κ3) is 48.8. The molecule has 0 spiro atoms. The molecule has 25 nitrogen and oxygen atoms in total. The molecule has 3 rings (SSSR count). The van der Waals surface area contributed by atoms with Crippen LogP contribution in [-0.4, -0.2) is 205 Å². The lowest BCUT2D eigenvalue weighted by Gasteiger charge is -2.50. The average molecular weight is 1660 g/mol. The summed E-state index contributed by atoms with van der Waals surface area (Å²) in [5.41, 5.74) is 0. The Balaban J connectivity index is 1.93. The highest BCUT2D eigenvalue weighted by Crippen LogP contribution is 2.49. The molecule has 1 saturated carbocycles. The maximum atomic E-state index is 14.9. The number of rotatable bonds is 73. The zero-order chi connectivity index (χ0) is 84.0.